The van der Waals surface area contributed by atoms with Crippen molar-refractivity contribution in [2.75, 3.05) is 5.75 Å². The number of benzene rings is 1. The average molecular weight is 284 g/mol. The van der Waals surface area contributed by atoms with E-state index < -0.39 is 15.4 Å². The number of rotatable bonds is 6. The van der Waals surface area contributed by atoms with Gasteiger partial charge in [-0.05, 0) is 37.3 Å². The average Bonchev–Trinajstić information content (AvgIpc) is 2.26. The van der Waals surface area contributed by atoms with Crippen LogP contribution in [0, 0.1) is 0 Å². The first-order chi connectivity index (χ1) is 8.59. The minimum absolute atomic E-state index is 0.0163. The van der Waals surface area contributed by atoms with Crippen molar-refractivity contribution in [3.05, 3.63) is 35.4 Å². The molecular weight excluding hydrogens is 260 g/mol. The third-order valence-corrected chi connectivity index (χ3v) is 4.66. The van der Waals surface area contributed by atoms with Crippen LogP contribution in [-0.2, 0) is 15.6 Å². The lowest BCUT2D eigenvalue weighted by molar-refractivity contribution is 0.0772. The van der Waals surface area contributed by atoms with Crippen molar-refractivity contribution in [2.45, 2.75) is 51.4 Å². The molecule has 0 aliphatic heterocycles. The van der Waals surface area contributed by atoms with E-state index >= 15 is 0 Å². The van der Waals surface area contributed by atoms with Crippen LogP contribution in [-0.4, -0.2) is 24.9 Å². The van der Waals surface area contributed by atoms with Crippen LogP contribution in [0.3, 0.4) is 0 Å². The molecule has 1 rings (SSSR count). The first kappa shape index (κ1) is 16.2. The van der Waals surface area contributed by atoms with Crippen LogP contribution in [0.15, 0.2) is 24.3 Å². The summed E-state index contributed by atoms with van der Waals surface area (Å²) in [7, 11) is -3.16. The number of sulfone groups is 1. The fourth-order valence-corrected chi connectivity index (χ4v) is 3.39. The maximum Gasteiger partial charge on any atom is 0.154 e. The lowest BCUT2D eigenvalue weighted by Crippen LogP contribution is -2.23. The van der Waals surface area contributed by atoms with E-state index in [-0.39, 0.29) is 17.9 Å². The Balaban J connectivity index is 2.68. The second kappa shape index (κ2) is 6.06. The van der Waals surface area contributed by atoms with E-state index in [1.54, 1.807) is 13.8 Å². The fraction of sp³-hybridized carbons (Fsp3) is 0.600. The SMILES string of the molecule is CC(C)c1ccc(CS(=O)(=O)CCC(C)(C)O)cc1. The molecule has 0 aliphatic rings. The van der Waals surface area contributed by atoms with Gasteiger partial charge in [0.15, 0.2) is 9.84 Å². The molecule has 0 unspecified atom stereocenters. The molecule has 0 fully saturated rings. The minimum Gasteiger partial charge on any atom is -0.390 e. The van der Waals surface area contributed by atoms with Crippen molar-refractivity contribution >= 4 is 9.84 Å². The standard InChI is InChI=1S/C15H24O3S/c1-12(2)14-7-5-13(6-8-14)11-19(17,18)10-9-15(3,4)16/h5-8,12,16H,9-11H2,1-4H3. The molecule has 0 saturated carbocycles. The molecule has 0 atom stereocenters. The largest absolute Gasteiger partial charge is 0.390 e. The van der Waals surface area contributed by atoms with Crippen LogP contribution in [0.4, 0.5) is 0 Å². The van der Waals surface area contributed by atoms with E-state index in [1.165, 1.54) is 5.56 Å². The van der Waals surface area contributed by atoms with E-state index in [4.69, 9.17) is 0 Å². The van der Waals surface area contributed by atoms with Crippen LogP contribution in [0.5, 0.6) is 0 Å². The second-order valence-corrected chi connectivity index (χ2v) is 8.23. The quantitative estimate of drug-likeness (QED) is 0.874. The zero-order valence-electron chi connectivity index (χ0n) is 12.2. The van der Waals surface area contributed by atoms with Crippen molar-refractivity contribution in [3.8, 4) is 0 Å². The predicted molar refractivity (Wildman–Crippen MR) is 78.9 cm³/mol. The van der Waals surface area contributed by atoms with Crippen LogP contribution in [0.25, 0.3) is 0 Å². The molecule has 3 nitrogen and oxygen atoms in total. The summed E-state index contributed by atoms with van der Waals surface area (Å²) in [6.07, 6.45) is 0.263. The highest BCUT2D eigenvalue weighted by Gasteiger charge is 2.19. The van der Waals surface area contributed by atoms with Crippen molar-refractivity contribution in [1.82, 2.24) is 0 Å². The van der Waals surface area contributed by atoms with Gasteiger partial charge in [0, 0.05) is 0 Å². The molecule has 0 spiro atoms. The van der Waals surface area contributed by atoms with Gasteiger partial charge >= 0.3 is 0 Å². The van der Waals surface area contributed by atoms with Crippen molar-refractivity contribution < 1.29 is 13.5 Å². The summed E-state index contributed by atoms with van der Waals surface area (Å²) in [5.74, 6) is 0.505. The van der Waals surface area contributed by atoms with Gasteiger partial charge in [0.1, 0.15) is 0 Å². The van der Waals surface area contributed by atoms with Gasteiger partial charge in [-0.1, -0.05) is 38.1 Å². The van der Waals surface area contributed by atoms with Crippen LogP contribution in [0.2, 0.25) is 0 Å². The predicted octanol–water partition coefficient (Wildman–Crippen LogP) is 2.89. The highest BCUT2D eigenvalue weighted by molar-refractivity contribution is 7.90. The highest BCUT2D eigenvalue weighted by atomic mass is 32.2. The summed E-state index contributed by atoms with van der Waals surface area (Å²) in [6.45, 7) is 7.46. The maximum absolute atomic E-state index is 12.0. The normalized spacial score (nSPS) is 12.9. The summed E-state index contributed by atoms with van der Waals surface area (Å²) < 4.78 is 23.9. The molecule has 4 heteroatoms. The van der Waals surface area contributed by atoms with E-state index in [2.05, 4.69) is 13.8 Å². The Morgan fingerprint density at radius 2 is 1.68 bits per heavy atom. The van der Waals surface area contributed by atoms with E-state index in [9.17, 15) is 13.5 Å². The minimum atomic E-state index is -3.16. The van der Waals surface area contributed by atoms with Crippen molar-refractivity contribution in [2.24, 2.45) is 0 Å². The van der Waals surface area contributed by atoms with Crippen molar-refractivity contribution in [1.29, 1.82) is 0 Å². The Hall–Kier alpha value is -0.870. The van der Waals surface area contributed by atoms with Gasteiger partial charge in [0.25, 0.3) is 0 Å². The van der Waals surface area contributed by atoms with Crippen LogP contribution >= 0.6 is 0 Å². The Morgan fingerprint density at radius 1 is 1.16 bits per heavy atom. The van der Waals surface area contributed by atoms with Gasteiger partial charge in [0.2, 0.25) is 0 Å². The summed E-state index contributed by atoms with van der Waals surface area (Å²) in [5.41, 5.74) is 1.08. The number of hydrogen-bond donors (Lipinski definition) is 1. The Labute approximate surface area is 116 Å². The Kier molecular flexibility index (Phi) is 5.16. The van der Waals surface area contributed by atoms with Gasteiger partial charge < -0.3 is 5.11 Å². The lowest BCUT2D eigenvalue weighted by Gasteiger charge is -2.16. The first-order valence-corrected chi connectivity index (χ1v) is 8.43. The highest BCUT2D eigenvalue weighted by Crippen LogP contribution is 2.17. The molecule has 19 heavy (non-hydrogen) atoms. The van der Waals surface area contributed by atoms with Gasteiger partial charge in [-0.2, -0.15) is 0 Å². The number of aliphatic hydroxyl groups is 1. The van der Waals surface area contributed by atoms with E-state index in [1.807, 2.05) is 24.3 Å². The van der Waals surface area contributed by atoms with Gasteiger partial charge in [-0.15, -0.1) is 0 Å². The zero-order valence-corrected chi connectivity index (χ0v) is 13.0. The van der Waals surface area contributed by atoms with Crippen LogP contribution in [0.1, 0.15) is 51.2 Å². The molecule has 1 aromatic carbocycles. The zero-order chi connectivity index (χ0) is 14.7. The molecule has 0 amide bonds. The summed E-state index contributed by atoms with van der Waals surface area (Å²) >= 11 is 0. The van der Waals surface area contributed by atoms with Gasteiger partial charge in [-0.25, -0.2) is 8.42 Å². The molecule has 0 bridgehead atoms. The molecule has 0 radical (unpaired) electrons. The Morgan fingerprint density at radius 3 is 2.11 bits per heavy atom. The first-order valence-electron chi connectivity index (χ1n) is 6.61. The molecule has 1 aromatic rings. The molecule has 0 heterocycles. The van der Waals surface area contributed by atoms with Crippen molar-refractivity contribution in [3.63, 3.8) is 0 Å². The monoisotopic (exact) mass is 284 g/mol. The fourth-order valence-electron chi connectivity index (χ4n) is 1.73. The molecule has 0 aromatic heterocycles. The second-order valence-electron chi connectivity index (χ2n) is 6.05. The molecule has 1 N–H and O–H groups in total. The lowest BCUT2D eigenvalue weighted by atomic mass is 10.0. The topological polar surface area (TPSA) is 54.4 Å². The Bertz CT molecular complexity index is 493. The molecular formula is C15H24O3S. The molecule has 108 valence electrons. The summed E-state index contributed by atoms with van der Waals surface area (Å²) in [5, 5.41) is 9.58. The molecule has 0 aliphatic carbocycles. The third-order valence-electron chi connectivity index (χ3n) is 3.06. The number of hydrogen-bond acceptors (Lipinski definition) is 3. The van der Waals surface area contributed by atoms with Gasteiger partial charge in [-0.3, -0.25) is 0 Å². The third kappa shape index (κ3) is 6.21. The summed E-state index contributed by atoms with van der Waals surface area (Å²) in [4.78, 5) is 0. The van der Waals surface area contributed by atoms with Gasteiger partial charge in [0.05, 0.1) is 17.1 Å². The van der Waals surface area contributed by atoms with E-state index in [0.717, 1.165) is 5.56 Å². The summed E-state index contributed by atoms with van der Waals surface area (Å²) in [6, 6.07) is 7.70. The smallest absolute Gasteiger partial charge is 0.154 e. The molecule has 0 saturated heterocycles. The maximum atomic E-state index is 12.0. The van der Waals surface area contributed by atoms with E-state index in [0.29, 0.717) is 5.92 Å². The van der Waals surface area contributed by atoms with Crippen LogP contribution < -0.4 is 0 Å².